The number of aromatic nitrogens is 5. The zero-order chi connectivity index (χ0) is 53.4. The predicted molar refractivity (Wildman–Crippen MR) is 295 cm³/mol. The first-order valence-electron chi connectivity index (χ1n) is 25.6. The minimum Gasteiger partial charge on any atom is -0.461 e. The van der Waals surface area contributed by atoms with Gasteiger partial charge >= 0.3 is 18.1 Å². The van der Waals surface area contributed by atoms with Gasteiger partial charge in [0.25, 0.3) is 0 Å². The number of benzene rings is 4. The molecule has 7 heterocycles. The maximum absolute atomic E-state index is 17.1. The van der Waals surface area contributed by atoms with Crippen molar-refractivity contribution in [2.75, 3.05) is 55.7 Å². The van der Waals surface area contributed by atoms with Gasteiger partial charge in [-0.1, -0.05) is 85.3 Å². The van der Waals surface area contributed by atoms with E-state index in [-0.39, 0.29) is 60.2 Å². The van der Waals surface area contributed by atoms with Crippen LogP contribution < -0.4 is 19.9 Å². The fraction of sp³-hybridized carbons (Fsp3) is 0.300. The molecule has 1 N–H and O–H groups in total. The third-order valence-corrected chi connectivity index (χ3v) is 15.3. The van der Waals surface area contributed by atoms with Crippen LogP contribution in [0.5, 0.6) is 6.01 Å². The Bertz CT molecular complexity index is 3520. The Morgan fingerprint density at radius 1 is 1.03 bits per heavy atom. The average Bonchev–Trinajstić information content (AvgIpc) is 4.22. The molecule has 0 spiro atoms. The van der Waals surface area contributed by atoms with Crippen LogP contribution in [0.2, 0.25) is 0 Å². The molecule has 3 aromatic heterocycles. The van der Waals surface area contributed by atoms with E-state index in [9.17, 15) is 9.59 Å². The second-order valence-corrected chi connectivity index (χ2v) is 19.7. The molecule has 0 saturated carbocycles. The number of nitrogens with zero attached hydrogens (tertiary/aromatic N) is 9. The summed E-state index contributed by atoms with van der Waals surface area (Å²) in [5, 5.41) is 9.82. The molecular formula is C60H60F2N10O4. The van der Waals surface area contributed by atoms with Crippen LogP contribution in [-0.4, -0.2) is 104 Å². The number of hydrogen-bond acceptors (Lipinski definition) is 10. The third kappa shape index (κ3) is 9.18. The van der Waals surface area contributed by atoms with Gasteiger partial charge in [-0.2, -0.15) is 15.1 Å². The first-order chi connectivity index (χ1) is 36.9. The fourth-order valence-corrected chi connectivity index (χ4v) is 11.6. The highest BCUT2D eigenvalue weighted by Crippen LogP contribution is 2.45. The molecule has 4 aliphatic heterocycles. The molecule has 11 rings (SSSR count). The number of halogens is 2. The van der Waals surface area contributed by atoms with Crippen molar-refractivity contribution in [3.05, 3.63) is 152 Å². The van der Waals surface area contributed by atoms with E-state index in [1.54, 1.807) is 39.9 Å². The number of carbonyl (C=O) groups excluding carboxylic acids is 2. The molecule has 4 aliphatic rings. The van der Waals surface area contributed by atoms with Crippen LogP contribution >= 0.6 is 0 Å². The molecule has 3 unspecified atom stereocenters. The molecule has 4 aromatic carbocycles. The quantitative estimate of drug-likeness (QED) is 0.0879. The third-order valence-electron chi connectivity index (χ3n) is 15.3. The molecule has 76 heavy (non-hydrogen) atoms. The molecule has 388 valence electrons. The molecule has 0 bridgehead atoms. The van der Waals surface area contributed by atoms with Crippen molar-refractivity contribution >= 4 is 56.3 Å². The van der Waals surface area contributed by atoms with Gasteiger partial charge in [0.1, 0.15) is 36.1 Å². The highest BCUT2D eigenvalue weighted by Gasteiger charge is 2.52. The Morgan fingerprint density at radius 2 is 1.83 bits per heavy atom. The first kappa shape index (κ1) is 51.1. The Hall–Kier alpha value is -8.42. The smallest absolute Gasteiger partial charge is 0.410 e. The molecule has 16 heteroatoms. The van der Waals surface area contributed by atoms with Crippen molar-refractivity contribution < 1.29 is 27.8 Å². The number of amides is 3. The van der Waals surface area contributed by atoms with Crippen molar-refractivity contribution in [2.24, 2.45) is 7.05 Å². The van der Waals surface area contributed by atoms with E-state index < -0.39 is 17.2 Å². The molecule has 4 saturated heterocycles. The summed E-state index contributed by atoms with van der Waals surface area (Å²) in [6.45, 7) is 23.2. The summed E-state index contributed by atoms with van der Waals surface area (Å²) in [5.41, 5.74) is 5.60. The number of urea groups is 1. The summed E-state index contributed by atoms with van der Waals surface area (Å²) < 4.78 is 46.6. The summed E-state index contributed by atoms with van der Waals surface area (Å²) in [5.74, 6) is 2.20. The molecule has 0 aliphatic carbocycles. The lowest BCUT2D eigenvalue weighted by atomic mass is 9.94. The Balaban J connectivity index is 0.00000325. The molecule has 0 radical (unpaired) electrons. The van der Waals surface area contributed by atoms with Gasteiger partial charge < -0.3 is 24.6 Å². The zero-order valence-corrected chi connectivity index (χ0v) is 43.0. The summed E-state index contributed by atoms with van der Waals surface area (Å²) in [7, 11) is 1.88. The number of fused-ring (bicyclic) bond motifs is 4. The molecule has 7 aromatic rings. The summed E-state index contributed by atoms with van der Waals surface area (Å²) in [6.07, 6.45) is 13.3. The number of rotatable bonds is 13. The molecule has 4 fully saturated rings. The van der Waals surface area contributed by atoms with E-state index in [4.69, 9.17) is 26.0 Å². The van der Waals surface area contributed by atoms with Gasteiger partial charge in [-0.05, 0) is 79.3 Å². The van der Waals surface area contributed by atoms with Crippen LogP contribution in [0.4, 0.5) is 30.0 Å². The normalized spacial score (nSPS) is 19.4. The van der Waals surface area contributed by atoms with Crippen molar-refractivity contribution in [2.45, 2.75) is 63.1 Å². The number of ether oxygens (including phenoxy) is 2. The Kier molecular flexibility index (Phi) is 14.2. The van der Waals surface area contributed by atoms with Crippen molar-refractivity contribution in [3.63, 3.8) is 0 Å². The van der Waals surface area contributed by atoms with Crippen molar-refractivity contribution in [1.82, 2.24) is 39.8 Å². The van der Waals surface area contributed by atoms with E-state index in [0.29, 0.717) is 84.6 Å². The predicted octanol–water partition coefficient (Wildman–Crippen LogP) is 11.4. The van der Waals surface area contributed by atoms with Crippen molar-refractivity contribution in [1.29, 1.82) is 0 Å². The minimum atomic E-state index is -0.715. The van der Waals surface area contributed by atoms with Gasteiger partial charge in [0.2, 0.25) is 0 Å². The van der Waals surface area contributed by atoms with E-state index in [1.165, 1.54) is 12.3 Å². The Morgan fingerprint density at radius 3 is 2.59 bits per heavy atom. The van der Waals surface area contributed by atoms with Crippen molar-refractivity contribution in [3.8, 4) is 40.7 Å². The van der Waals surface area contributed by atoms with Gasteiger partial charge in [-0.3, -0.25) is 19.5 Å². The fourth-order valence-electron chi connectivity index (χ4n) is 11.6. The van der Waals surface area contributed by atoms with Gasteiger partial charge in [0.15, 0.2) is 11.6 Å². The monoisotopic (exact) mass is 1020 g/mol. The molecule has 3 atom stereocenters. The van der Waals surface area contributed by atoms with E-state index in [0.717, 1.165) is 58.8 Å². The SMILES string of the molecule is C#Cc1c(F)ccc2cccc(-c3ncc4c(N(CC)CC=C)nc(OCC56CCC(COC(=O)N7CCCC7c7ccc(-c8ccc9c(N%10CCC(=C)NC%10=O)nn(C)c9c8)cc7)N5CC(=C)C6)nc4c3F)c12.C=C. The van der Waals surface area contributed by atoms with Crippen LogP contribution in [0.3, 0.4) is 0 Å². The maximum Gasteiger partial charge on any atom is 0.410 e. The lowest BCUT2D eigenvalue weighted by Crippen LogP contribution is -2.48. The molecule has 3 amide bonds. The summed E-state index contributed by atoms with van der Waals surface area (Å²) >= 11 is 0. The van der Waals surface area contributed by atoms with Gasteiger partial charge in [0.05, 0.1) is 28.0 Å². The van der Waals surface area contributed by atoms with E-state index in [1.807, 2.05) is 35.9 Å². The van der Waals surface area contributed by atoms with Gasteiger partial charge in [0, 0.05) is 80.5 Å². The number of nitrogens with one attached hydrogen (secondary N) is 1. The number of hydrogen-bond donors (Lipinski definition) is 1. The second-order valence-electron chi connectivity index (χ2n) is 19.7. The number of likely N-dealkylation sites (N-methyl/N-ethyl adjacent to an activating group) is 1. The topological polar surface area (TPSA) is 134 Å². The summed E-state index contributed by atoms with van der Waals surface area (Å²) in [4.78, 5) is 48.6. The number of anilines is 2. The van der Waals surface area contributed by atoms with Crippen LogP contribution in [-0.2, 0) is 11.8 Å². The van der Waals surface area contributed by atoms with Crippen LogP contribution in [0.1, 0.15) is 62.6 Å². The van der Waals surface area contributed by atoms with Crippen LogP contribution in [0, 0.1) is 24.0 Å². The lowest BCUT2D eigenvalue weighted by Gasteiger charge is -2.34. The lowest BCUT2D eigenvalue weighted by molar-refractivity contribution is 0.0427. The van der Waals surface area contributed by atoms with Crippen LogP contribution in [0.25, 0.3) is 55.0 Å². The minimum absolute atomic E-state index is 0.00130. The highest BCUT2D eigenvalue weighted by atomic mass is 19.1. The maximum atomic E-state index is 17.1. The second kappa shape index (κ2) is 21.1. The highest BCUT2D eigenvalue weighted by molar-refractivity contribution is 6.04. The number of pyridine rings is 1. The van der Waals surface area contributed by atoms with Gasteiger partial charge in [-0.15, -0.1) is 26.2 Å². The number of aryl methyl sites for hydroxylation is 1. The standard InChI is InChI=1S/C58H56F2N10O4.C2H4/c1-7-26-67(9-3)53-45-31-61-51(44-13-10-12-39-20-22-46(59)42(8-2)49(39)44)50(60)52(45)63-55(64-53)74-34-58-25-23-41(70(58)32-35(4)30-58)33-73-57(72)68-27-11-14-47(68)38-17-15-37(16-18-38)40-19-21-43-48(29-40)66(6)65-54(43)69-28-24-36(5)62-56(69)71;1-2/h2,7,10,12-13,15-22,29,31,41,47H,1,4-5,9,11,14,23-28,30,32-34H2,3,6H3,(H,62,71);1-2H2. The van der Waals surface area contributed by atoms with E-state index in [2.05, 4.69) is 89.3 Å². The largest absolute Gasteiger partial charge is 0.461 e. The number of likely N-dealkylation sites (tertiary alicyclic amines) is 1. The number of carbonyl (C=O) groups is 2. The first-order valence-corrected chi connectivity index (χ1v) is 25.6. The number of terminal acetylenes is 1. The average molecular weight is 1020 g/mol. The molecular weight excluding hydrogens is 963 g/mol. The van der Waals surface area contributed by atoms with Crippen LogP contribution in [0.15, 0.2) is 129 Å². The Labute approximate surface area is 441 Å². The summed E-state index contributed by atoms with van der Waals surface area (Å²) in [6, 6.07) is 22.2. The van der Waals surface area contributed by atoms with E-state index >= 15 is 8.78 Å². The molecule has 14 nitrogen and oxygen atoms in total. The van der Waals surface area contributed by atoms with Gasteiger partial charge in [-0.25, -0.2) is 18.4 Å². The zero-order valence-electron chi connectivity index (χ0n) is 43.0.